The molecule has 0 radical (unpaired) electrons. The van der Waals surface area contributed by atoms with Gasteiger partial charge in [0, 0.05) is 63.1 Å². The van der Waals surface area contributed by atoms with E-state index >= 15 is 0 Å². The summed E-state index contributed by atoms with van der Waals surface area (Å²) in [5, 5.41) is 6.48. The van der Waals surface area contributed by atoms with Crippen molar-refractivity contribution in [2.45, 2.75) is 26.7 Å². The molecule has 0 bridgehead atoms. The van der Waals surface area contributed by atoms with Gasteiger partial charge in [0.25, 0.3) is 5.91 Å². The summed E-state index contributed by atoms with van der Waals surface area (Å²) < 4.78 is 8.36. The second kappa shape index (κ2) is 13.0. The zero-order chi connectivity index (χ0) is 29.8. The van der Waals surface area contributed by atoms with Crippen LogP contribution in [0.4, 0.5) is 23.0 Å². The molecule has 0 aliphatic carbocycles. The summed E-state index contributed by atoms with van der Waals surface area (Å²) in [6.45, 7) is 8.22. The number of rotatable bonds is 9. The first-order chi connectivity index (χ1) is 20.3. The average Bonchev–Trinajstić information content (AvgIpc) is 3.40. The fraction of sp³-hybridized carbons (Fsp3) is 0.344. The van der Waals surface area contributed by atoms with E-state index in [1.54, 1.807) is 13.3 Å². The Balaban J connectivity index is 1.38. The maximum atomic E-state index is 13.4. The number of aryl methyl sites for hydroxylation is 3. The number of hydrogen-bond acceptors (Lipinski definition) is 7. The highest BCUT2D eigenvalue weighted by Crippen LogP contribution is 2.34. The first-order valence-electron chi connectivity index (χ1n) is 14.3. The van der Waals surface area contributed by atoms with Crippen LogP contribution < -0.4 is 20.3 Å². The van der Waals surface area contributed by atoms with E-state index in [9.17, 15) is 4.79 Å². The number of benzene rings is 2. The highest BCUT2D eigenvalue weighted by Gasteiger charge is 2.19. The SMILES string of the molecule is CCc1cccc(CC)c1NC(=O)c1cc(-c2nc(Nc3ccc(N4CCN(C)CC4)cc3OC)ncc2Br)n(C)c1. The summed E-state index contributed by atoms with van der Waals surface area (Å²) in [6, 6.07) is 14.2. The van der Waals surface area contributed by atoms with Crippen molar-refractivity contribution in [3.63, 3.8) is 0 Å². The molecule has 0 unspecified atom stereocenters. The predicted octanol–water partition coefficient (Wildman–Crippen LogP) is 6.13. The van der Waals surface area contributed by atoms with Gasteiger partial charge in [-0.3, -0.25) is 4.79 Å². The molecule has 4 aromatic rings. The molecule has 0 atom stereocenters. The van der Waals surface area contributed by atoms with Crippen LogP contribution in [0.15, 0.2) is 59.3 Å². The van der Waals surface area contributed by atoms with E-state index in [1.165, 1.54) is 0 Å². The molecular formula is C32H38BrN7O2. The van der Waals surface area contributed by atoms with Crippen molar-refractivity contribution in [2.24, 2.45) is 7.05 Å². The van der Waals surface area contributed by atoms with Crippen LogP contribution in [0, 0.1) is 0 Å². The van der Waals surface area contributed by atoms with Gasteiger partial charge in [-0.1, -0.05) is 32.0 Å². The lowest BCUT2D eigenvalue weighted by Crippen LogP contribution is -2.44. The Labute approximate surface area is 256 Å². The number of halogens is 1. The van der Waals surface area contributed by atoms with E-state index < -0.39 is 0 Å². The quantitative estimate of drug-likeness (QED) is 0.230. The number of carbonyl (C=O) groups is 1. The first-order valence-corrected chi connectivity index (χ1v) is 15.1. The molecule has 1 aliphatic heterocycles. The van der Waals surface area contributed by atoms with E-state index in [4.69, 9.17) is 9.72 Å². The number of amides is 1. The number of carbonyl (C=O) groups excluding carboxylic acids is 1. The van der Waals surface area contributed by atoms with E-state index in [0.717, 1.165) is 83.1 Å². The molecule has 1 saturated heterocycles. The molecule has 2 aromatic carbocycles. The standard InChI is InChI=1S/C32H38BrN7O2/c1-6-21-9-8-10-22(7-2)29(21)36-31(41)23-17-27(39(4)20-23)30-25(33)19-34-32(37-30)35-26-12-11-24(18-28(26)42-5)40-15-13-38(3)14-16-40/h8-12,17-20H,6-7,13-16H2,1-5H3,(H,36,41)(H,34,35,37). The van der Waals surface area contributed by atoms with Crippen molar-refractivity contribution in [1.29, 1.82) is 0 Å². The summed E-state index contributed by atoms with van der Waals surface area (Å²) in [7, 11) is 5.73. The molecule has 10 heteroatoms. The molecule has 5 rings (SSSR count). The van der Waals surface area contributed by atoms with Crippen molar-refractivity contribution in [3.8, 4) is 17.1 Å². The van der Waals surface area contributed by atoms with Crippen molar-refractivity contribution >= 4 is 44.8 Å². The van der Waals surface area contributed by atoms with E-state index in [-0.39, 0.29) is 5.91 Å². The normalized spacial score (nSPS) is 13.7. The third-order valence-electron chi connectivity index (χ3n) is 7.79. The van der Waals surface area contributed by atoms with Crippen LogP contribution in [0.5, 0.6) is 5.75 Å². The molecule has 1 amide bonds. The monoisotopic (exact) mass is 631 g/mol. The number of para-hydroxylation sites is 1. The predicted molar refractivity (Wildman–Crippen MR) is 173 cm³/mol. The Kier molecular flexibility index (Phi) is 9.13. The Bertz CT molecular complexity index is 1560. The molecule has 220 valence electrons. The van der Waals surface area contributed by atoms with Gasteiger partial charge in [-0.05, 0) is 65.1 Å². The van der Waals surface area contributed by atoms with Gasteiger partial charge in [0.15, 0.2) is 0 Å². The van der Waals surface area contributed by atoms with Gasteiger partial charge < -0.3 is 29.7 Å². The van der Waals surface area contributed by atoms with Crippen LogP contribution in [0.25, 0.3) is 11.4 Å². The van der Waals surface area contributed by atoms with Crippen LogP contribution in [0.2, 0.25) is 0 Å². The lowest BCUT2D eigenvalue weighted by molar-refractivity contribution is 0.102. The number of nitrogens with zero attached hydrogens (tertiary/aromatic N) is 5. The van der Waals surface area contributed by atoms with Gasteiger partial charge in [-0.25, -0.2) is 9.97 Å². The molecule has 1 aliphatic rings. The summed E-state index contributed by atoms with van der Waals surface area (Å²) in [6.07, 6.45) is 5.23. The minimum atomic E-state index is -0.152. The number of methoxy groups -OCH3 is 1. The number of ether oxygens (including phenoxy) is 1. The highest BCUT2D eigenvalue weighted by atomic mass is 79.9. The highest BCUT2D eigenvalue weighted by molar-refractivity contribution is 9.10. The molecule has 2 aromatic heterocycles. The summed E-state index contributed by atoms with van der Waals surface area (Å²) in [5.74, 6) is 0.993. The zero-order valence-electron chi connectivity index (χ0n) is 24.9. The minimum absolute atomic E-state index is 0.152. The Morgan fingerprint density at radius 3 is 2.40 bits per heavy atom. The van der Waals surface area contributed by atoms with Crippen LogP contribution in [-0.4, -0.2) is 65.7 Å². The van der Waals surface area contributed by atoms with E-state index in [1.807, 2.05) is 36.0 Å². The fourth-order valence-electron chi connectivity index (χ4n) is 5.28. The van der Waals surface area contributed by atoms with Crippen LogP contribution in [0.3, 0.4) is 0 Å². The van der Waals surface area contributed by atoms with Gasteiger partial charge in [0.1, 0.15) is 11.4 Å². The molecule has 42 heavy (non-hydrogen) atoms. The van der Waals surface area contributed by atoms with Gasteiger partial charge in [0.05, 0.1) is 28.5 Å². The lowest BCUT2D eigenvalue weighted by atomic mass is 10.0. The van der Waals surface area contributed by atoms with E-state index in [2.05, 4.69) is 86.5 Å². The molecule has 0 saturated carbocycles. The first kappa shape index (κ1) is 29.6. The molecule has 2 N–H and O–H groups in total. The van der Waals surface area contributed by atoms with Crippen molar-refractivity contribution in [3.05, 3.63) is 76.0 Å². The number of likely N-dealkylation sites (N-methyl/N-ethyl adjacent to an activating group) is 1. The number of piperazine rings is 1. The van der Waals surface area contributed by atoms with Crippen LogP contribution in [-0.2, 0) is 19.9 Å². The fourth-order valence-corrected chi connectivity index (χ4v) is 5.68. The lowest BCUT2D eigenvalue weighted by Gasteiger charge is -2.34. The molecule has 3 heterocycles. The zero-order valence-corrected chi connectivity index (χ0v) is 26.5. The summed E-state index contributed by atoms with van der Waals surface area (Å²) in [5.41, 5.74) is 7.07. The van der Waals surface area contributed by atoms with Crippen molar-refractivity contribution in [1.82, 2.24) is 19.4 Å². The Morgan fingerprint density at radius 1 is 1.02 bits per heavy atom. The number of hydrogen-bond donors (Lipinski definition) is 2. The second-order valence-electron chi connectivity index (χ2n) is 10.5. The summed E-state index contributed by atoms with van der Waals surface area (Å²) in [4.78, 5) is 27.4. The third kappa shape index (κ3) is 6.29. The molecule has 0 spiro atoms. The van der Waals surface area contributed by atoms with Crippen molar-refractivity contribution < 1.29 is 9.53 Å². The topological polar surface area (TPSA) is 87.6 Å². The third-order valence-corrected chi connectivity index (χ3v) is 8.37. The Morgan fingerprint density at radius 2 is 1.74 bits per heavy atom. The largest absolute Gasteiger partial charge is 0.494 e. The van der Waals surface area contributed by atoms with E-state index in [0.29, 0.717) is 17.2 Å². The molecule has 9 nitrogen and oxygen atoms in total. The number of nitrogens with one attached hydrogen (secondary N) is 2. The summed E-state index contributed by atoms with van der Waals surface area (Å²) >= 11 is 3.61. The van der Waals surface area contributed by atoms with Gasteiger partial charge in [0.2, 0.25) is 5.95 Å². The maximum Gasteiger partial charge on any atom is 0.257 e. The molecular weight excluding hydrogens is 594 g/mol. The van der Waals surface area contributed by atoms with Crippen LogP contribution >= 0.6 is 15.9 Å². The molecule has 1 fully saturated rings. The average molecular weight is 633 g/mol. The van der Waals surface area contributed by atoms with Crippen LogP contribution in [0.1, 0.15) is 35.3 Å². The maximum absolute atomic E-state index is 13.4. The van der Waals surface area contributed by atoms with Gasteiger partial charge in [-0.2, -0.15) is 0 Å². The van der Waals surface area contributed by atoms with Gasteiger partial charge in [-0.15, -0.1) is 0 Å². The van der Waals surface area contributed by atoms with Crippen molar-refractivity contribution in [2.75, 3.05) is 55.9 Å². The van der Waals surface area contributed by atoms with Gasteiger partial charge >= 0.3 is 0 Å². The minimum Gasteiger partial charge on any atom is -0.494 e. The number of aromatic nitrogens is 3. The Hall–Kier alpha value is -3.89. The second-order valence-corrected chi connectivity index (χ2v) is 11.4. The number of anilines is 4. The smallest absolute Gasteiger partial charge is 0.257 e.